The molecule has 0 radical (unpaired) electrons. The number of nitrogens with zero attached hydrogens (tertiary/aromatic N) is 3. The first-order chi connectivity index (χ1) is 16.9. The second-order valence-corrected chi connectivity index (χ2v) is 9.75. The number of carbonyl (C=O) groups is 1. The molecular formula is C28H36FN3O3. The predicted molar refractivity (Wildman–Crippen MR) is 135 cm³/mol. The van der Waals surface area contributed by atoms with E-state index >= 15 is 4.39 Å². The Morgan fingerprint density at radius 3 is 2.89 bits per heavy atom. The fraction of sp³-hybridized carbons (Fsp3) is 0.500. The van der Waals surface area contributed by atoms with Crippen molar-refractivity contribution in [1.82, 2.24) is 14.5 Å². The number of ether oxygens (including phenoxy) is 1. The SMILES string of the molecule is COc1ccc2nccc([C@@H](F)CC[C@@H]3CCN(CCCc4cccn4C)C[C@@H]3CC(=O)O)c2c1. The molecule has 1 aliphatic rings. The van der Waals surface area contributed by atoms with Crippen LogP contribution in [0.4, 0.5) is 4.39 Å². The van der Waals surface area contributed by atoms with E-state index in [0.717, 1.165) is 49.8 Å². The van der Waals surface area contributed by atoms with Gasteiger partial charge in [0, 0.05) is 43.5 Å². The molecule has 7 heteroatoms. The molecule has 3 heterocycles. The zero-order valence-electron chi connectivity index (χ0n) is 20.7. The molecular weight excluding hydrogens is 445 g/mol. The number of benzene rings is 1. The van der Waals surface area contributed by atoms with Crippen LogP contribution in [0, 0.1) is 11.8 Å². The number of aromatic nitrogens is 2. The molecule has 4 rings (SSSR count). The Hall–Kier alpha value is -2.93. The van der Waals surface area contributed by atoms with Gasteiger partial charge in [-0.1, -0.05) is 0 Å². The summed E-state index contributed by atoms with van der Waals surface area (Å²) in [7, 11) is 3.66. The third-order valence-corrected chi connectivity index (χ3v) is 7.48. The number of pyridine rings is 1. The van der Waals surface area contributed by atoms with E-state index < -0.39 is 12.1 Å². The molecule has 1 aromatic carbocycles. The van der Waals surface area contributed by atoms with Gasteiger partial charge in [0.2, 0.25) is 0 Å². The summed E-state index contributed by atoms with van der Waals surface area (Å²) in [6.07, 6.45) is 6.78. The number of carboxylic acids is 1. The van der Waals surface area contributed by atoms with E-state index in [0.29, 0.717) is 24.2 Å². The lowest BCUT2D eigenvalue weighted by molar-refractivity contribution is -0.139. The number of hydrogen-bond acceptors (Lipinski definition) is 4. The van der Waals surface area contributed by atoms with E-state index in [1.165, 1.54) is 5.69 Å². The Morgan fingerprint density at radius 2 is 2.14 bits per heavy atom. The maximum Gasteiger partial charge on any atom is 0.303 e. The number of aryl methyl sites for hydroxylation is 2. The Kier molecular flexibility index (Phi) is 8.39. The Morgan fingerprint density at radius 1 is 1.29 bits per heavy atom. The van der Waals surface area contributed by atoms with Crippen LogP contribution in [0.3, 0.4) is 0 Å². The summed E-state index contributed by atoms with van der Waals surface area (Å²) >= 11 is 0. The number of likely N-dealkylation sites (tertiary alicyclic amines) is 1. The van der Waals surface area contributed by atoms with E-state index in [9.17, 15) is 9.90 Å². The maximum atomic E-state index is 15.5. The zero-order chi connectivity index (χ0) is 24.8. The topological polar surface area (TPSA) is 67.6 Å². The van der Waals surface area contributed by atoms with E-state index in [4.69, 9.17) is 4.74 Å². The summed E-state index contributed by atoms with van der Waals surface area (Å²) in [5, 5.41) is 10.3. The van der Waals surface area contributed by atoms with Crippen LogP contribution in [0.2, 0.25) is 0 Å². The molecule has 0 aliphatic carbocycles. The molecule has 0 amide bonds. The first-order valence-corrected chi connectivity index (χ1v) is 12.6. The number of methoxy groups -OCH3 is 1. The first-order valence-electron chi connectivity index (χ1n) is 12.6. The van der Waals surface area contributed by atoms with Gasteiger partial charge in [-0.3, -0.25) is 9.78 Å². The highest BCUT2D eigenvalue weighted by Gasteiger charge is 2.31. The summed E-state index contributed by atoms with van der Waals surface area (Å²) in [6, 6.07) is 11.5. The van der Waals surface area contributed by atoms with Crippen LogP contribution in [0.1, 0.15) is 49.5 Å². The van der Waals surface area contributed by atoms with Gasteiger partial charge in [-0.25, -0.2) is 4.39 Å². The molecule has 3 aromatic rings. The van der Waals surface area contributed by atoms with Gasteiger partial charge in [0.05, 0.1) is 12.6 Å². The van der Waals surface area contributed by atoms with Crippen molar-refractivity contribution in [3.8, 4) is 5.75 Å². The fourth-order valence-corrected chi connectivity index (χ4v) is 5.50. The van der Waals surface area contributed by atoms with Gasteiger partial charge in [-0.05, 0) is 99.0 Å². The number of rotatable bonds is 11. The molecule has 1 N–H and O–H groups in total. The van der Waals surface area contributed by atoms with Crippen LogP contribution < -0.4 is 4.74 Å². The normalized spacial score (nSPS) is 19.6. The zero-order valence-corrected chi connectivity index (χ0v) is 20.7. The highest BCUT2D eigenvalue weighted by Crippen LogP contribution is 2.36. The van der Waals surface area contributed by atoms with Crippen LogP contribution >= 0.6 is 0 Å². The van der Waals surface area contributed by atoms with Crippen LogP contribution in [0.15, 0.2) is 48.8 Å². The summed E-state index contributed by atoms with van der Waals surface area (Å²) in [4.78, 5) is 18.3. The second kappa shape index (κ2) is 11.7. The number of halogens is 1. The maximum absolute atomic E-state index is 15.5. The minimum absolute atomic E-state index is 0.0535. The number of carboxylic acid groups (broad SMARTS) is 1. The predicted octanol–water partition coefficient (Wildman–Crippen LogP) is 5.42. The van der Waals surface area contributed by atoms with Crippen molar-refractivity contribution in [1.29, 1.82) is 0 Å². The Balaban J connectivity index is 1.35. The molecule has 0 unspecified atom stereocenters. The van der Waals surface area contributed by atoms with Crippen molar-refractivity contribution in [3.63, 3.8) is 0 Å². The molecule has 188 valence electrons. The largest absolute Gasteiger partial charge is 0.497 e. The Labute approximate surface area is 206 Å². The average Bonchev–Trinajstić information content (AvgIpc) is 3.26. The van der Waals surface area contributed by atoms with Crippen LogP contribution in [-0.4, -0.2) is 52.3 Å². The minimum atomic E-state index is -1.12. The van der Waals surface area contributed by atoms with Crippen molar-refractivity contribution in [2.45, 2.75) is 44.7 Å². The molecule has 3 atom stereocenters. The van der Waals surface area contributed by atoms with Crippen LogP contribution in [0.25, 0.3) is 10.9 Å². The smallest absolute Gasteiger partial charge is 0.303 e. The van der Waals surface area contributed by atoms with Crippen molar-refractivity contribution in [2.75, 3.05) is 26.7 Å². The van der Waals surface area contributed by atoms with E-state index in [-0.39, 0.29) is 18.3 Å². The van der Waals surface area contributed by atoms with Crippen molar-refractivity contribution >= 4 is 16.9 Å². The number of fused-ring (bicyclic) bond motifs is 1. The molecule has 1 aliphatic heterocycles. The third-order valence-electron chi connectivity index (χ3n) is 7.48. The van der Waals surface area contributed by atoms with Gasteiger partial charge in [0.25, 0.3) is 0 Å². The molecule has 6 nitrogen and oxygen atoms in total. The average molecular weight is 482 g/mol. The van der Waals surface area contributed by atoms with Gasteiger partial charge >= 0.3 is 5.97 Å². The molecule has 35 heavy (non-hydrogen) atoms. The summed E-state index contributed by atoms with van der Waals surface area (Å²) in [5.74, 6) is 0.184. The van der Waals surface area contributed by atoms with Crippen molar-refractivity contribution < 1.29 is 19.0 Å². The van der Waals surface area contributed by atoms with Gasteiger partial charge < -0.3 is 19.3 Å². The number of hydrogen-bond donors (Lipinski definition) is 1. The molecule has 0 bridgehead atoms. The number of aliphatic carboxylic acids is 1. The van der Waals surface area contributed by atoms with E-state index in [1.807, 2.05) is 18.2 Å². The fourth-order valence-electron chi connectivity index (χ4n) is 5.50. The van der Waals surface area contributed by atoms with E-state index in [2.05, 4.69) is 39.8 Å². The molecule has 0 saturated carbocycles. The molecule has 1 fully saturated rings. The lowest BCUT2D eigenvalue weighted by Crippen LogP contribution is -2.42. The lowest BCUT2D eigenvalue weighted by Gasteiger charge is -2.38. The summed E-state index contributed by atoms with van der Waals surface area (Å²) in [5.41, 5.74) is 2.69. The standard InChI is InChI=1S/C28H36FN3O3/c1-31-14-3-5-22(31)6-4-15-32-16-12-20(21(19-32)17-28(33)34)7-9-26(29)24-11-13-30-27-10-8-23(35-2)18-25(24)27/h3,5,8,10-11,13-14,18,20-21,26H,4,6-7,9,12,15-17,19H2,1-2H3,(H,33,34)/t20-,21+,26+/m1/s1. The van der Waals surface area contributed by atoms with Crippen molar-refractivity contribution in [2.24, 2.45) is 18.9 Å². The van der Waals surface area contributed by atoms with E-state index in [1.54, 1.807) is 19.4 Å². The van der Waals surface area contributed by atoms with Gasteiger partial charge in [-0.2, -0.15) is 0 Å². The van der Waals surface area contributed by atoms with Crippen molar-refractivity contribution in [3.05, 3.63) is 60.0 Å². The summed E-state index contributed by atoms with van der Waals surface area (Å²) in [6.45, 7) is 2.68. The van der Waals surface area contributed by atoms with Gasteiger partial charge in [0.15, 0.2) is 0 Å². The quantitative estimate of drug-likeness (QED) is 0.396. The van der Waals surface area contributed by atoms with Gasteiger partial charge in [-0.15, -0.1) is 0 Å². The second-order valence-electron chi connectivity index (χ2n) is 9.75. The third kappa shape index (κ3) is 6.40. The first kappa shape index (κ1) is 25.2. The minimum Gasteiger partial charge on any atom is -0.497 e. The van der Waals surface area contributed by atoms with Crippen LogP contribution in [-0.2, 0) is 18.3 Å². The Bertz CT molecular complexity index is 1130. The van der Waals surface area contributed by atoms with Crippen LogP contribution in [0.5, 0.6) is 5.75 Å². The van der Waals surface area contributed by atoms with Gasteiger partial charge in [0.1, 0.15) is 11.9 Å². The molecule has 1 saturated heterocycles. The highest BCUT2D eigenvalue weighted by molar-refractivity contribution is 5.83. The lowest BCUT2D eigenvalue weighted by atomic mass is 9.79. The molecule has 0 spiro atoms. The number of piperidine rings is 1. The highest BCUT2D eigenvalue weighted by atomic mass is 19.1. The monoisotopic (exact) mass is 481 g/mol. The summed E-state index contributed by atoms with van der Waals surface area (Å²) < 4.78 is 22.9. The number of alkyl halides is 1. The molecule has 2 aromatic heterocycles.